The number of nitrogens with two attached hydrogens (primary N) is 1. The van der Waals surface area contributed by atoms with E-state index in [4.69, 9.17) is 17.3 Å². The summed E-state index contributed by atoms with van der Waals surface area (Å²) in [7, 11) is 0. The number of rotatable bonds is 3. The van der Waals surface area contributed by atoms with Crippen LogP contribution < -0.4 is 5.73 Å². The second-order valence-electron chi connectivity index (χ2n) is 3.51. The van der Waals surface area contributed by atoms with E-state index in [1.807, 2.05) is 6.07 Å². The Morgan fingerprint density at radius 2 is 2.18 bits per heavy atom. The monoisotopic (exact) mass is 247 g/mol. The molecule has 5 heteroatoms. The number of anilines is 1. The van der Waals surface area contributed by atoms with Crippen LogP contribution in [0, 0.1) is 0 Å². The lowest BCUT2D eigenvalue weighted by molar-refractivity contribution is 0.0992. The minimum Gasteiger partial charge on any atom is -0.383 e. The first kappa shape index (κ1) is 11.5. The largest absolute Gasteiger partial charge is 0.383 e. The number of Topliss-reactive ketones (excluding diaryl/α,β-unsaturated/α-hetero) is 1. The smallest absolute Gasteiger partial charge is 0.172 e. The molecule has 0 aliphatic rings. The number of nitrogen functional groups attached to an aromatic ring is 1. The molecule has 2 heterocycles. The summed E-state index contributed by atoms with van der Waals surface area (Å²) in [6.07, 6.45) is 3.24. The summed E-state index contributed by atoms with van der Waals surface area (Å²) < 4.78 is 0. The third-order valence-corrected chi connectivity index (χ3v) is 2.46. The summed E-state index contributed by atoms with van der Waals surface area (Å²) in [6, 6.07) is 6.93. The molecule has 0 aromatic carbocycles. The molecule has 17 heavy (non-hydrogen) atoms. The van der Waals surface area contributed by atoms with Gasteiger partial charge >= 0.3 is 0 Å². The van der Waals surface area contributed by atoms with Crippen LogP contribution in [-0.2, 0) is 6.42 Å². The Morgan fingerprint density at radius 1 is 1.35 bits per heavy atom. The van der Waals surface area contributed by atoms with E-state index < -0.39 is 0 Å². The maximum absolute atomic E-state index is 12.0. The average Bonchev–Trinajstić information content (AvgIpc) is 2.33. The topological polar surface area (TPSA) is 68.9 Å². The van der Waals surface area contributed by atoms with Gasteiger partial charge in [0.1, 0.15) is 5.82 Å². The van der Waals surface area contributed by atoms with Crippen LogP contribution in [0.5, 0.6) is 0 Å². The SMILES string of the molecule is Nc1ncc(Cl)cc1C(=O)Cc1ccccn1. The molecule has 0 bridgehead atoms. The van der Waals surface area contributed by atoms with Crippen LogP contribution in [0.3, 0.4) is 0 Å². The van der Waals surface area contributed by atoms with E-state index in [9.17, 15) is 4.79 Å². The number of ketones is 1. The molecule has 0 saturated carbocycles. The van der Waals surface area contributed by atoms with Crippen LogP contribution >= 0.6 is 11.6 Å². The number of nitrogens with zero attached hydrogens (tertiary/aromatic N) is 2. The lowest BCUT2D eigenvalue weighted by Crippen LogP contribution is -2.09. The molecule has 2 aromatic heterocycles. The van der Waals surface area contributed by atoms with Crippen molar-refractivity contribution < 1.29 is 4.79 Å². The lowest BCUT2D eigenvalue weighted by atomic mass is 10.1. The highest BCUT2D eigenvalue weighted by molar-refractivity contribution is 6.31. The molecule has 0 saturated heterocycles. The van der Waals surface area contributed by atoms with Crippen molar-refractivity contribution in [3.05, 3.63) is 52.9 Å². The molecule has 0 fully saturated rings. The highest BCUT2D eigenvalue weighted by Gasteiger charge is 2.12. The Balaban J connectivity index is 2.23. The number of aromatic nitrogens is 2. The number of carbonyl (C=O) groups excluding carboxylic acids is 1. The second-order valence-corrected chi connectivity index (χ2v) is 3.94. The predicted molar refractivity (Wildman–Crippen MR) is 65.9 cm³/mol. The normalized spacial score (nSPS) is 10.2. The molecule has 0 aliphatic carbocycles. The molecule has 0 aliphatic heterocycles. The van der Waals surface area contributed by atoms with Crippen molar-refractivity contribution in [3.63, 3.8) is 0 Å². The molecule has 2 rings (SSSR count). The van der Waals surface area contributed by atoms with Crippen LogP contribution in [-0.4, -0.2) is 15.8 Å². The lowest BCUT2D eigenvalue weighted by Gasteiger charge is -2.04. The molecule has 0 unspecified atom stereocenters. The Hall–Kier alpha value is -1.94. The van der Waals surface area contributed by atoms with Gasteiger partial charge in [-0.15, -0.1) is 0 Å². The van der Waals surface area contributed by atoms with Gasteiger partial charge in [0, 0.05) is 18.1 Å². The quantitative estimate of drug-likeness (QED) is 0.844. The zero-order valence-electron chi connectivity index (χ0n) is 8.93. The zero-order valence-corrected chi connectivity index (χ0v) is 9.69. The Morgan fingerprint density at radius 3 is 2.88 bits per heavy atom. The van der Waals surface area contributed by atoms with Gasteiger partial charge < -0.3 is 5.73 Å². The van der Waals surface area contributed by atoms with Gasteiger partial charge in [0.25, 0.3) is 0 Å². The predicted octanol–water partition coefficient (Wildman–Crippen LogP) is 2.14. The first-order valence-corrected chi connectivity index (χ1v) is 5.39. The van der Waals surface area contributed by atoms with Gasteiger partial charge in [0.2, 0.25) is 0 Å². The van der Waals surface area contributed by atoms with Crippen molar-refractivity contribution in [1.29, 1.82) is 0 Å². The van der Waals surface area contributed by atoms with Crippen LogP contribution in [0.25, 0.3) is 0 Å². The molecule has 2 N–H and O–H groups in total. The highest BCUT2D eigenvalue weighted by atomic mass is 35.5. The Labute approximate surface area is 103 Å². The number of carbonyl (C=O) groups is 1. The van der Waals surface area contributed by atoms with Gasteiger partial charge in [-0.3, -0.25) is 9.78 Å². The third-order valence-electron chi connectivity index (χ3n) is 2.25. The maximum Gasteiger partial charge on any atom is 0.172 e. The molecule has 2 aromatic rings. The fourth-order valence-electron chi connectivity index (χ4n) is 1.44. The zero-order chi connectivity index (χ0) is 12.3. The van der Waals surface area contributed by atoms with Crippen LogP contribution in [0.4, 0.5) is 5.82 Å². The summed E-state index contributed by atoms with van der Waals surface area (Å²) >= 11 is 5.78. The third kappa shape index (κ3) is 2.79. The van der Waals surface area contributed by atoms with Crippen molar-refractivity contribution in [2.24, 2.45) is 0 Å². The molecule has 0 amide bonds. The summed E-state index contributed by atoms with van der Waals surface area (Å²) in [5.74, 6) is 0.0477. The standard InChI is InChI=1S/C12H10ClN3O/c13-8-5-10(12(14)16-7-8)11(17)6-9-3-1-2-4-15-9/h1-5,7H,6H2,(H2,14,16). The average molecular weight is 248 g/mol. The summed E-state index contributed by atoms with van der Waals surface area (Å²) in [5, 5.41) is 0.392. The van der Waals surface area contributed by atoms with Gasteiger partial charge in [-0.25, -0.2) is 4.98 Å². The molecule has 86 valence electrons. The Bertz CT molecular complexity index is 543. The number of halogens is 1. The van der Waals surface area contributed by atoms with E-state index in [0.717, 1.165) is 0 Å². The van der Waals surface area contributed by atoms with Crippen molar-refractivity contribution in [1.82, 2.24) is 9.97 Å². The number of pyridine rings is 2. The van der Waals surface area contributed by atoms with Crippen LogP contribution in [0.1, 0.15) is 16.1 Å². The summed E-state index contributed by atoms with van der Waals surface area (Å²) in [4.78, 5) is 19.9. The molecule has 0 radical (unpaired) electrons. The van der Waals surface area contributed by atoms with Gasteiger partial charge in [-0.05, 0) is 18.2 Å². The van der Waals surface area contributed by atoms with E-state index in [2.05, 4.69) is 9.97 Å². The van der Waals surface area contributed by atoms with Crippen molar-refractivity contribution >= 4 is 23.2 Å². The van der Waals surface area contributed by atoms with Crippen LogP contribution in [0.15, 0.2) is 36.7 Å². The van der Waals surface area contributed by atoms with Gasteiger partial charge in [0.15, 0.2) is 5.78 Å². The van der Waals surface area contributed by atoms with Gasteiger partial charge in [-0.1, -0.05) is 17.7 Å². The van der Waals surface area contributed by atoms with Crippen molar-refractivity contribution in [3.8, 4) is 0 Å². The first-order chi connectivity index (χ1) is 8.16. The molecular formula is C12H10ClN3O. The number of hydrogen-bond acceptors (Lipinski definition) is 4. The van der Waals surface area contributed by atoms with E-state index in [1.165, 1.54) is 12.3 Å². The molecule has 0 atom stereocenters. The van der Waals surface area contributed by atoms with Crippen LogP contribution in [0.2, 0.25) is 5.02 Å². The summed E-state index contributed by atoms with van der Waals surface area (Å²) in [6.45, 7) is 0. The molecular weight excluding hydrogens is 238 g/mol. The number of hydrogen-bond donors (Lipinski definition) is 1. The molecule has 4 nitrogen and oxygen atoms in total. The summed E-state index contributed by atoms with van der Waals surface area (Å²) in [5.41, 5.74) is 6.66. The first-order valence-electron chi connectivity index (χ1n) is 5.01. The second kappa shape index (κ2) is 4.93. The van der Waals surface area contributed by atoms with Gasteiger partial charge in [-0.2, -0.15) is 0 Å². The fourth-order valence-corrected chi connectivity index (χ4v) is 1.59. The maximum atomic E-state index is 12.0. The van der Waals surface area contributed by atoms with E-state index >= 15 is 0 Å². The van der Waals surface area contributed by atoms with E-state index in [-0.39, 0.29) is 18.0 Å². The Kier molecular flexibility index (Phi) is 3.35. The van der Waals surface area contributed by atoms with E-state index in [1.54, 1.807) is 18.3 Å². The fraction of sp³-hybridized carbons (Fsp3) is 0.0833. The minimum atomic E-state index is -0.142. The van der Waals surface area contributed by atoms with E-state index in [0.29, 0.717) is 16.3 Å². The van der Waals surface area contributed by atoms with Crippen molar-refractivity contribution in [2.45, 2.75) is 6.42 Å². The van der Waals surface area contributed by atoms with Crippen molar-refractivity contribution in [2.75, 3.05) is 5.73 Å². The minimum absolute atomic E-state index is 0.142. The highest BCUT2D eigenvalue weighted by Crippen LogP contribution is 2.16. The van der Waals surface area contributed by atoms with Gasteiger partial charge in [0.05, 0.1) is 17.0 Å². The molecule has 0 spiro atoms.